The van der Waals surface area contributed by atoms with Gasteiger partial charge in [0.05, 0.1) is 17.4 Å². The van der Waals surface area contributed by atoms with E-state index in [0.29, 0.717) is 11.3 Å². The fraction of sp³-hybridized carbons (Fsp3) is 0. The second-order valence-corrected chi connectivity index (χ2v) is 4.66. The van der Waals surface area contributed by atoms with Gasteiger partial charge in [-0.15, -0.1) is 0 Å². The van der Waals surface area contributed by atoms with Gasteiger partial charge in [0.2, 0.25) is 0 Å². The molecule has 0 aliphatic carbocycles. The molecular formula is C15H11N5O. The summed E-state index contributed by atoms with van der Waals surface area (Å²) in [6.07, 6.45) is 1.62. The molecule has 21 heavy (non-hydrogen) atoms. The van der Waals surface area contributed by atoms with Crippen molar-refractivity contribution in [2.75, 3.05) is 5.73 Å². The van der Waals surface area contributed by atoms with E-state index in [0.717, 1.165) is 28.1 Å². The molecule has 6 heteroatoms. The van der Waals surface area contributed by atoms with Crippen LogP contribution in [0.4, 0.5) is 5.82 Å². The van der Waals surface area contributed by atoms with Crippen LogP contribution in [0.15, 0.2) is 53.2 Å². The van der Waals surface area contributed by atoms with Crippen molar-refractivity contribution in [3.63, 3.8) is 0 Å². The number of benzene rings is 1. The van der Waals surface area contributed by atoms with E-state index in [2.05, 4.69) is 20.3 Å². The van der Waals surface area contributed by atoms with Gasteiger partial charge in [-0.3, -0.25) is 5.10 Å². The lowest BCUT2D eigenvalue weighted by Crippen LogP contribution is -1.88. The summed E-state index contributed by atoms with van der Waals surface area (Å²) in [5.41, 5.74) is 10.1. The van der Waals surface area contributed by atoms with Crippen molar-refractivity contribution in [1.29, 1.82) is 0 Å². The molecule has 3 aromatic heterocycles. The van der Waals surface area contributed by atoms with E-state index in [-0.39, 0.29) is 0 Å². The number of hydrogen-bond acceptors (Lipinski definition) is 5. The number of nitrogens with two attached hydrogens (primary N) is 1. The van der Waals surface area contributed by atoms with Gasteiger partial charge in [0.15, 0.2) is 11.6 Å². The molecule has 0 bridgehead atoms. The van der Waals surface area contributed by atoms with Crippen LogP contribution < -0.4 is 5.73 Å². The van der Waals surface area contributed by atoms with Crippen LogP contribution >= 0.6 is 0 Å². The first-order valence-electron chi connectivity index (χ1n) is 6.43. The summed E-state index contributed by atoms with van der Waals surface area (Å²) in [5, 5.41) is 10.5. The Hall–Kier alpha value is -3.15. The van der Waals surface area contributed by atoms with Gasteiger partial charge in [0, 0.05) is 17.2 Å². The molecule has 6 nitrogen and oxygen atoms in total. The first kappa shape index (κ1) is 11.7. The number of nitrogens with zero attached hydrogens (tertiary/aromatic N) is 3. The summed E-state index contributed by atoms with van der Waals surface area (Å²) in [7, 11) is 0. The molecule has 0 saturated carbocycles. The number of anilines is 1. The van der Waals surface area contributed by atoms with E-state index >= 15 is 0 Å². The van der Waals surface area contributed by atoms with E-state index in [1.54, 1.807) is 6.20 Å². The highest BCUT2D eigenvalue weighted by Gasteiger charge is 2.08. The maximum Gasteiger partial charge on any atom is 0.171 e. The molecule has 0 atom stereocenters. The third kappa shape index (κ3) is 1.93. The highest BCUT2D eigenvalue weighted by Crippen LogP contribution is 2.27. The number of pyridine rings is 1. The van der Waals surface area contributed by atoms with Gasteiger partial charge in [-0.25, -0.2) is 4.98 Å². The van der Waals surface area contributed by atoms with Crippen LogP contribution in [0.2, 0.25) is 0 Å². The van der Waals surface area contributed by atoms with Crippen LogP contribution in [-0.2, 0) is 0 Å². The monoisotopic (exact) mass is 277 g/mol. The average molecular weight is 277 g/mol. The number of nitrogens with one attached hydrogen (secondary N) is 1. The summed E-state index contributed by atoms with van der Waals surface area (Å²) in [5.74, 6) is 1.12. The van der Waals surface area contributed by atoms with Crippen LogP contribution in [0.25, 0.3) is 33.6 Å². The molecule has 3 N–H and O–H groups in total. The van der Waals surface area contributed by atoms with Crippen molar-refractivity contribution in [1.82, 2.24) is 20.3 Å². The highest BCUT2D eigenvalue weighted by molar-refractivity contribution is 5.86. The normalized spacial score (nSPS) is 11.0. The second-order valence-electron chi connectivity index (χ2n) is 4.66. The lowest BCUT2D eigenvalue weighted by atomic mass is 10.1. The Morgan fingerprint density at radius 2 is 1.95 bits per heavy atom. The second kappa shape index (κ2) is 4.45. The molecule has 0 unspecified atom stereocenters. The molecule has 0 amide bonds. The maximum absolute atomic E-state index is 5.80. The molecule has 0 fully saturated rings. The minimum absolute atomic E-state index is 0.401. The fourth-order valence-corrected chi connectivity index (χ4v) is 2.28. The summed E-state index contributed by atoms with van der Waals surface area (Å²) in [6, 6.07) is 13.6. The number of hydrogen-bond donors (Lipinski definition) is 2. The third-order valence-electron chi connectivity index (χ3n) is 3.32. The van der Waals surface area contributed by atoms with Gasteiger partial charge < -0.3 is 10.3 Å². The van der Waals surface area contributed by atoms with Crippen molar-refractivity contribution in [2.45, 2.75) is 0 Å². The first-order chi connectivity index (χ1) is 10.3. The number of fused-ring (bicyclic) bond motifs is 1. The Morgan fingerprint density at radius 3 is 2.81 bits per heavy atom. The minimum Gasteiger partial charge on any atom is -0.380 e. The SMILES string of the molecule is Nc1n[nH]c2ccc(-c3cccc(-c4ccno4)c3)nc12. The molecule has 3 heterocycles. The van der Waals surface area contributed by atoms with Gasteiger partial charge in [0.25, 0.3) is 0 Å². The van der Waals surface area contributed by atoms with Crippen molar-refractivity contribution < 1.29 is 4.52 Å². The zero-order valence-corrected chi connectivity index (χ0v) is 10.9. The van der Waals surface area contributed by atoms with Crippen LogP contribution in [0, 0.1) is 0 Å². The Labute approximate surface area is 119 Å². The molecule has 0 saturated heterocycles. The molecule has 0 radical (unpaired) electrons. The van der Waals surface area contributed by atoms with Crippen LogP contribution in [-0.4, -0.2) is 20.3 Å². The number of H-pyrrole nitrogens is 1. The number of aromatic nitrogens is 4. The molecule has 0 spiro atoms. The number of aromatic amines is 1. The molecule has 4 aromatic rings. The molecule has 102 valence electrons. The van der Waals surface area contributed by atoms with Crippen LogP contribution in [0.5, 0.6) is 0 Å². The Balaban J connectivity index is 1.84. The summed E-state index contributed by atoms with van der Waals surface area (Å²) >= 11 is 0. The standard InChI is InChI=1S/C15H11N5O/c16-15-14-12(19-20-15)5-4-11(18-14)9-2-1-3-10(8-9)13-6-7-17-21-13/h1-8H,(H3,16,19,20). The van der Waals surface area contributed by atoms with Gasteiger partial charge in [0.1, 0.15) is 5.52 Å². The summed E-state index contributed by atoms with van der Waals surface area (Å²) in [4.78, 5) is 4.56. The quantitative estimate of drug-likeness (QED) is 0.587. The minimum atomic E-state index is 0.401. The van der Waals surface area contributed by atoms with E-state index < -0.39 is 0 Å². The van der Waals surface area contributed by atoms with E-state index in [4.69, 9.17) is 10.3 Å². The first-order valence-corrected chi connectivity index (χ1v) is 6.43. The van der Waals surface area contributed by atoms with Gasteiger partial charge in [-0.2, -0.15) is 5.10 Å². The molecule has 4 rings (SSSR count). The van der Waals surface area contributed by atoms with E-state index in [1.807, 2.05) is 42.5 Å². The summed E-state index contributed by atoms with van der Waals surface area (Å²) in [6.45, 7) is 0. The Morgan fingerprint density at radius 1 is 1.05 bits per heavy atom. The summed E-state index contributed by atoms with van der Waals surface area (Å²) < 4.78 is 5.18. The topological polar surface area (TPSA) is 93.6 Å². The molecule has 0 aliphatic rings. The maximum atomic E-state index is 5.80. The van der Waals surface area contributed by atoms with Crippen molar-refractivity contribution in [2.24, 2.45) is 0 Å². The zero-order valence-electron chi connectivity index (χ0n) is 10.9. The predicted octanol–water partition coefficient (Wildman–Crippen LogP) is 2.86. The average Bonchev–Trinajstić information content (AvgIpc) is 3.18. The largest absolute Gasteiger partial charge is 0.380 e. The number of nitrogen functional groups attached to an aromatic ring is 1. The lowest BCUT2D eigenvalue weighted by molar-refractivity contribution is 0.432. The Bertz CT molecular complexity index is 911. The highest BCUT2D eigenvalue weighted by atomic mass is 16.5. The van der Waals surface area contributed by atoms with Crippen molar-refractivity contribution in [3.8, 4) is 22.6 Å². The Kier molecular flexibility index (Phi) is 2.47. The van der Waals surface area contributed by atoms with E-state index in [9.17, 15) is 0 Å². The van der Waals surface area contributed by atoms with Crippen LogP contribution in [0.3, 0.4) is 0 Å². The lowest BCUT2D eigenvalue weighted by Gasteiger charge is -2.03. The van der Waals surface area contributed by atoms with Crippen molar-refractivity contribution >= 4 is 16.9 Å². The zero-order chi connectivity index (χ0) is 14.2. The van der Waals surface area contributed by atoms with Crippen LogP contribution in [0.1, 0.15) is 0 Å². The number of rotatable bonds is 2. The third-order valence-corrected chi connectivity index (χ3v) is 3.32. The molecule has 0 aliphatic heterocycles. The smallest absolute Gasteiger partial charge is 0.171 e. The van der Waals surface area contributed by atoms with E-state index in [1.165, 1.54) is 0 Å². The van der Waals surface area contributed by atoms with Crippen molar-refractivity contribution in [3.05, 3.63) is 48.7 Å². The van der Waals surface area contributed by atoms with Gasteiger partial charge in [-0.05, 0) is 18.2 Å². The van der Waals surface area contributed by atoms with Gasteiger partial charge >= 0.3 is 0 Å². The predicted molar refractivity (Wildman–Crippen MR) is 79.2 cm³/mol. The molecule has 1 aromatic carbocycles. The molecular weight excluding hydrogens is 266 g/mol. The fourth-order valence-electron chi connectivity index (χ4n) is 2.28. The van der Waals surface area contributed by atoms with Gasteiger partial charge in [-0.1, -0.05) is 23.4 Å².